The Morgan fingerprint density at radius 2 is 1.35 bits per heavy atom. The number of hydrogen-bond acceptors (Lipinski definition) is 1. The molecule has 0 atom stereocenters. The van der Waals surface area contributed by atoms with Gasteiger partial charge in [0.25, 0.3) is 5.69 Å². The zero-order valence-electron chi connectivity index (χ0n) is 11.8. The predicted molar refractivity (Wildman–Crippen MR) is 108 cm³/mol. The molecule has 0 spiro atoms. The Bertz CT molecular complexity index is 614. The van der Waals surface area contributed by atoms with E-state index < -0.39 is 9.14 Å². The zero-order valence-corrected chi connectivity index (χ0v) is 21.2. The van der Waals surface area contributed by atoms with Crippen LogP contribution in [0.1, 0.15) is 20.3 Å². The summed E-state index contributed by atoms with van der Waals surface area (Å²) < 4.78 is 1.86. The number of rotatable bonds is 1. The fourth-order valence-corrected chi connectivity index (χ4v) is 2.76. The first-order valence-corrected chi connectivity index (χ1v) is 26.6. The van der Waals surface area contributed by atoms with Crippen LogP contribution in [0.15, 0.2) is 17.2 Å². The normalized spacial score (nSPS) is 20.0. The Labute approximate surface area is 170 Å². The summed E-state index contributed by atoms with van der Waals surface area (Å²) in [5, 5.41) is 6.18. The molecule has 134 valence electrons. The topological polar surface area (TPSA) is 15.4 Å². The van der Waals surface area contributed by atoms with E-state index in [2.05, 4.69) is 19.0 Å². The summed E-state index contributed by atoms with van der Waals surface area (Å²) in [6.07, 6.45) is 0.988. The Kier molecular flexibility index (Phi) is 7.09. The van der Waals surface area contributed by atoms with E-state index >= 15 is 0 Å². The first-order valence-electron chi connectivity index (χ1n) is 6.05. The summed E-state index contributed by atoms with van der Waals surface area (Å²) in [6, 6.07) is 3.37. The molecule has 0 aliphatic carbocycles. The second-order valence-electron chi connectivity index (χ2n) is 5.46. The summed E-state index contributed by atoms with van der Waals surface area (Å²) >= 11 is 18.1. The summed E-state index contributed by atoms with van der Waals surface area (Å²) in [7, 11) is 25.0. The van der Waals surface area contributed by atoms with Crippen LogP contribution in [0.4, 0.5) is 5.69 Å². The molecule has 1 aromatic rings. The fraction of sp³-hybridized carbons (Fsp3) is 0.455. The molecule has 1 aliphatic heterocycles. The second kappa shape index (κ2) is 7.01. The van der Waals surface area contributed by atoms with Crippen molar-refractivity contribution in [2.45, 2.75) is 25.8 Å². The molecule has 0 unspecified atom stereocenters. The maximum absolute atomic E-state index is 6.14. The van der Waals surface area contributed by atoms with Gasteiger partial charge in [-0.3, -0.25) is 0 Å². The molecule has 1 aromatic carbocycles. The molecular formula is C11H12Cl9N2Sb. The molecule has 0 N–H and O–H groups in total. The number of halogens is 9. The van der Waals surface area contributed by atoms with Crippen LogP contribution in [-0.2, 0) is 0 Å². The van der Waals surface area contributed by atoms with E-state index in [1.165, 1.54) is 0 Å². The van der Waals surface area contributed by atoms with E-state index in [0.29, 0.717) is 15.1 Å². The van der Waals surface area contributed by atoms with Gasteiger partial charge in [0.15, 0.2) is 6.54 Å². The van der Waals surface area contributed by atoms with Gasteiger partial charge < -0.3 is 0 Å². The molecule has 0 bridgehead atoms. The second-order valence-corrected chi connectivity index (χ2v) is 63.6. The van der Waals surface area contributed by atoms with Crippen molar-refractivity contribution in [2.75, 3.05) is 6.54 Å². The number of benzene rings is 1. The van der Waals surface area contributed by atoms with Crippen molar-refractivity contribution in [3.05, 3.63) is 27.2 Å². The Morgan fingerprint density at radius 1 is 0.957 bits per heavy atom. The molecule has 1 heterocycles. The molecule has 0 saturated heterocycles. The average Bonchev–Trinajstić information content (AvgIpc) is 2.52. The minimum absolute atomic E-state index is 0.0493. The van der Waals surface area contributed by atoms with Gasteiger partial charge in [-0.2, -0.15) is 0 Å². The van der Waals surface area contributed by atoms with Gasteiger partial charge in [-0.05, 0) is 31.1 Å². The molecular weight excluding hydrogens is 601 g/mol. The van der Waals surface area contributed by atoms with Crippen molar-refractivity contribution in [2.24, 2.45) is 5.11 Å². The minimum atomic E-state index is -5.42. The van der Waals surface area contributed by atoms with Crippen LogP contribution in [0.5, 0.6) is 0 Å². The summed E-state index contributed by atoms with van der Waals surface area (Å²) in [6.45, 7) is 5.00. The van der Waals surface area contributed by atoms with E-state index in [1.54, 1.807) is 12.1 Å². The van der Waals surface area contributed by atoms with Crippen LogP contribution in [0, 0.1) is 0 Å². The van der Waals surface area contributed by atoms with Crippen LogP contribution in [0.2, 0.25) is 15.1 Å². The quantitative estimate of drug-likeness (QED) is 0.223. The van der Waals surface area contributed by atoms with Crippen molar-refractivity contribution in [3.63, 3.8) is 0 Å². The Hall–Kier alpha value is 2.25. The molecule has 23 heavy (non-hydrogen) atoms. The van der Waals surface area contributed by atoms with Crippen LogP contribution < -0.4 is 0 Å². The van der Waals surface area contributed by atoms with Crippen LogP contribution >= 0.6 is 87.8 Å². The SMILES string of the molecule is CC1(C)CC[N+](c2c(Cl)cc(Cl)cc2Cl)=N1.[Cl][Sb-]([Cl])([Cl])([Cl])([Cl])[Cl]. The Balaban J connectivity index is 0.000000322. The molecule has 0 radical (unpaired) electrons. The number of hydrogen-bond donors (Lipinski definition) is 0. The van der Waals surface area contributed by atoms with E-state index in [1.807, 2.05) is 4.70 Å². The van der Waals surface area contributed by atoms with Gasteiger partial charge in [0.1, 0.15) is 15.6 Å². The van der Waals surface area contributed by atoms with Gasteiger partial charge in [0.2, 0.25) is 0 Å². The molecule has 0 saturated carbocycles. The van der Waals surface area contributed by atoms with Gasteiger partial charge in [-0.15, -0.1) is 0 Å². The Morgan fingerprint density at radius 3 is 1.65 bits per heavy atom. The number of nitrogens with zero attached hydrogens (tertiary/aromatic N) is 2. The summed E-state index contributed by atoms with van der Waals surface area (Å²) in [5.74, 6) is 0. The van der Waals surface area contributed by atoms with E-state index in [0.717, 1.165) is 18.7 Å². The molecule has 1 aliphatic rings. The van der Waals surface area contributed by atoms with Gasteiger partial charge in [0.05, 0.1) is 0 Å². The van der Waals surface area contributed by atoms with Crippen molar-refractivity contribution < 1.29 is 4.70 Å². The molecule has 12 heteroatoms. The average molecular weight is 613 g/mol. The van der Waals surface area contributed by atoms with Crippen molar-refractivity contribution in [1.29, 1.82) is 0 Å². The molecule has 0 aromatic heterocycles. The van der Waals surface area contributed by atoms with Crippen molar-refractivity contribution in [3.8, 4) is 0 Å². The van der Waals surface area contributed by atoms with Crippen molar-refractivity contribution in [1.82, 2.24) is 0 Å². The first-order chi connectivity index (χ1) is 9.84. The van der Waals surface area contributed by atoms with Crippen LogP contribution in [0.25, 0.3) is 0 Å². The van der Waals surface area contributed by atoms with E-state index in [4.69, 9.17) is 87.8 Å². The molecule has 2 rings (SSSR count). The fourth-order valence-electron chi connectivity index (χ4n) is 1.75. The molecule has 0 amide bonds. The predicted octanol–water partition coefficient (Wildman–Crippen LogP) is 8.68. The zero-order chi connectivity index (χ0) is 18.3. The van der Waals surface area contributed by atoms with Crippen LogP contribution in [0.3, 0.4) is 0 Å². The standard InChI is InChI=1S/C11H12Cl3N2.6ClH.Sb/c1-11(2)3-4-16(15-11)10-8(13)5-7(12)6-9(10)14;;;;;;;/h5-6H,3-4H2,1-2H3;6*1H;/q+1;;;;;;;+5/p-6. The van der Waals surface area contributed by atoms with Gasteiger partial charge >= 0.3 is 62.1 Å². The molecule has 0 fully saturated rings. The third-order valence-corrected chi connectivity index (χ3v) is 3.36. The third kappa shape index (κ3) is 10.9. The van der Waals surface area contributed by atoms with Gasteiger partial charge in [-0.1, -0.05) is 39.5 Å². The maximum atomic E-state index is 6.14. The third-order valence-electron chi connectivity index (χ3n) is 2.57. The molecule has 2 nitrogen and oxygen atoms in total. The van der Waals surface area contributed by atoms with E-state index in [-0.39, 0.29) is 5.54 Å². The van der Waals surface area contributed by atoms with Gasteiger partial charge in [0, 0.05) is 11.4 Å². The van der Waals surface area contributed by atoms with Gasteiger partial charge in [-0.25, -0.2) is 0 Å². The summed E-state index contributed by atoms with van der Waals surface area (Å²) in [5.41, 5.74) is 0.699. The first kappa shape index (κ1) is 23.3. The number of azo groups is 2. The van der Waals surface area contributed by atoms with Crippen molar-refractivity contribution >= 4 is 103 Å². The summed E-state index contributed by atoms with van der Waals surface area (Å²) in [4.78, 5) is 0. The van der Waals surface area contributed by atoms with E-state index in [9.17, 15) is 0 Å². The monoisotopic (exact) mass is 608 g/mol. The van der Waals surface area contributed by atoms with Crippen LogP contribution in [-0.4, -0.2) is 25.9 Å².